The average Bonchev–Trinajstić information content (AvgIpc) is 2.74. The van der Waals surface area contributed by atoms with Gasteiger partial charge in [-0.25, -0.2) is 10.3 Å². The average molecular weight is 524 g/mol. The summed E-state index contributed by atoms with van der Waals surface area (Å²) in [6, 6.07) is 11.2. The molecule has 0 fully saturated rings. The predicted molar refractivity (Wildman–Crippen MR) is 122 cm³/mol. The van der Waals surface area contributed by atoms with Crippen molar-refractivity contribution in [2.45, 2.75) is 26.3 Å². The Morgan fingerprint density at radius 2 is 2.03 bits per heavy atom. The van der Waals surface area contributed by atoms with E-state index in [0.29, 0.717) is 12.1 Å². The van der Waals surface area contributed by atoms with E-state index in [9.17, 15) is 9.18 Å². The fraction of sp³-hybridized carbons (Fsp3) is 0.227. The number of carbonyl (C=O) groups excluding carboxylic acids is 1. The molecule has 0 aliphatic carbocycles. The van der Waals surface area contributed by atoms with Gasteiger partial charge < -0.3 is 14.9 Å². The summed E-state index contributed by atoms with van der Waals surface area (Å²) in [5, 5.41) is 10.6. The summed E-state index contributed by atoms with van der Waals surface area (Å²) in [5.41, 5.74) is 2.66. The second kappa shape index (κ2) is 10.8. The van der Waals surface area contributed by atoms with E-state index in [1.165, 1.54) is 24.3 Å². The summed E-state index contributed by atoms with van der Waals surface area (Å²) < 4.78 is 20.8. The Morgan fingerprint density at radius 3 is 2.75 bits per heavy atom. The third-order valence-corrected chi connectivity index (χ3v) is 5.44. The number of ether oxygens (including phenoxy) is 1. The molecular formula is C22H21BrClFN4O3. The molecule has 1 amide bonds. The number of nitrogens with one attached hydrogen (secondary N) is 1. The van der Waals surface area contributed by atoms with Crippen molar-refractivity contribution in [2.75, 3.05) is 6.61 Å². The smallest absolute Gasteiger partial charge is 0.257 e. The van der Waals surface area contributed by atoms with Gasteiger partial charge in [-0.15, -0.1) is 5.10 Å². The van der Waals surface area contributed by atoms with E-state index in [-0.39, 0.29) is 28.8 Å². The molecule has 0 bridgehead atoms. The van der Waals surface area contributed by atoms with Crippen LogP contribution < -0.4 is 16.0 Å². The Kier molecular flexibility index (Phi) is 8.14. The highest BCUT2D eigenvalue weighted by Gasteiger charge is 2.22. The molecule has 10 heteroatoms. The van der Waals surface area contributed by atoms with Crippen molar-refractivity contribution in [1.82, 2.24) is 15.5 Å². The number of aryl methyl sites for hydroxylation is 2. The fourth-order valence-electron chi connectivity index (χ4n) is 3.07. The maximum Gasteiger partial charge on any atom is 0.257 e. The van der Waals surface area contributed by atoms with Crippen molar-refractivity contribution in [3.63, 3.8) is 0 Å². The van der Waals surface area contributed by atoms with E-state index in [1.807, 2.05) is 25.1 Å². The summed E-state index contributed by atoms with van der Waals surface area (Å²) in [5.74, 6) is 3.72. The lowest BCUT2D eigenvalue weighted by atomic mass is 10.0. The molecule has 3 aromatic rings. The van der Waals surface area contributed by atoms with Crippen molar-refractivity contribution in [3.8, 4) is 11.6 Å². The van der Waals surface area contributed by atoms with E-state index in [1.54, 1.807) is 6.92 Å². The minimum absolute atomic E-state index is 0.0812. The Hall–Kier alpha value is -2.59. The molecule has 1 unspecified atom stereocenters. The molecule has 3 N–H and O–H groups in total. The molecule has 32 heavy (non-hydrogen) atoms. The summed E-state index contributed by atoms with van der Waals surface area (Å²) >= 11 is 9.25. The standard InChI is InChI=1S/C22H21BrClFN4O3/c1-12-8-15(23)7-6-14(12)10-16(11-31-26)27-21(30)17-9-13(2)28-29-22(17)32-19-5-3-4-18(24)20(19)25/h3-9,16H,10-11,26H2,1-2H3,(H,27,30). The first-order chi connectivity index (χ1) is 15.3. The van der Waals surface area contributed by atoms with Crippen molar-refractivity contribution in [3.05, 3.63) is 80.2 Å². The van der Waals surface area contributed by atoms with Gasteiger partial charge in [-0.1, -0.05) is 39.7 Å². The van der Waals surface area contributed by atoms with Gasteiger partial charge in [-0.05, 0) is 61.7 Å². The molecule has 7 nitrogen and oxygen atoms in total. The topological polar surface area (TPSA) is 99.4 Å². The number of nitrogens with zero attached hydrogens (tertiary/aromatic N) is 2. The molecule has 2 aromatic carbocycles. The summed E-state index contributed by atoms with van der Waals surface area (Å²) in [4.78, 5) is 17.9. The molecule has 1 atom stereocenters. The molecule has 0 aliphatic rings. The van der Waals surface area contributed by atoms with E-state index in [2.05, 4.69) is 31.4 Å². The lowest BCUT2D eigenvalue weighted by Gasteiger charge is -2.20. The first-order valence-electron chi connectivity index (χ1n) is 9.62. The predicted octanol–water partition coefficient (Wildman–Crippen LogP) is 4.67. The highest BCUT2D eigenvalue weighted by atomic mass is 79.9. The molecule has 0 saturated carbocycles. The summed E-state index contributed by atoms with van der Waals surface area (Å²) in [7, 11) is 0. The second-order valence-corrected chi connectivity index (χ2v) is 8.46. The Bertz CT molecular complexity index is 1130. The van der Waals surface area contributed by atoms with Crippen molar-refractivity contribution in [2.24, 2.45) is 5.90 Å². The number of nitrogens with two attached hydrogens (primary N) is 1. The molecule has 0 radical (unpaired) electrons. The van der Waals surface area contributed by atoms with Gasteiger partial charge in [-0.3, -0.25) is 4.79 Å². The van der Waals surface area contributed by atoms with Crippen LogP contribution in [0.2, 0.25) is 5.02 Å². The zero-order valence-electron chi connectivity index (χ0n) is 17.4. The van der Waals surface area contributed by atoms with Crippen LogP contribution in [-0.4, -0.2) is 28.8 Å². The fourth-order valence-corrected chi connectivity index (χ4v) is 3.71. The highest BCUT2D eigenvalue weighted by molar-refractivity contribution is 9.10. The number of amides is 1. The van der Waals surface area contributed by atoms with E-state index in [4.69, 9.17) is 27.1 Å². The van der Waals surface area contributed by atoms with Crippen LogP contribution in [0.3, 0.4) is 0 Å². The number of halogens is 3. The van der Waals surface area contributed by atoms with Gasteiger partial charge >= 0.3 is 0 Å². The molecule has 1 aromatic heterocycles. The largest absolute Gasteiger partial charge is 0.434 e. The molecule has 0 spiro atoms. The number of rotatable bonds is 8. The Balaban J connectivity index is 1.85. The van der Waals surface area contributed by atoms with Crippen LogP contribution >= 0.6 is 27.5 Å². The second-order valence-electron chi connectivity index (χ2n) is 7.14. The van der Waals surface area contributed by atoms with E-state index in [0.717, 1.165) is 15.6 Å². The lowest BCUT2D eigenvalue weighted by molar-refractivity contribution is 0.0837. The van der Waals surface area contributed by atoms with Gasteiger partial charge in [0, 0.05) is 4.47 Å². The number of carbonyl (C=O) groups is 1. The molecule has 3 rings (SSSR count). The van der Waals surface area contributed by atoms with Crippen LogP contribution in [0.4, 0.5) is 4.39 Å². The van der Waals surface area contributed by atoms with Gasteiger partial charge in [0.05, 0.1) is 23.4 Å². The molecule has 168 valence electrons. The third-order valence-electron chi connectivity index (χ3n) is 4.65. The van der Waals surface area contributed by atoms with Crippen LogP contribution in [0.1, 0.15) is 27.2 Å². The van der Waals surface area contributed by atoms with Crippen LogP contribution in [0, 0.1) is 19.7 Å². The zero-order valence-corrected chi connectivity index (χ0v) is 19.7. The first kappa shape index (κ1) is 24.1. The van der Waals surface area contributed by atoms with Gasteiger partial charge in [-0.2, -0.15) is 5.10 Å². The van der Waals surface area contributed by atoms with Crippen LogP contribution in [-0.2, 0) is 11.3 Å². The minimum Gasteiger partial charge on any atom is -0.434 e. The Morgan fingerprint density at radius 1 is 1.25 bits per heavy atom. The SMILES string of the molecule is Cc1cc(C(=O)NC(CON)Cc2ccc(Br)cc2C)c(Oc2cccc(Cl)c2F)nn1. The van der Waals surface area contributed by atoms with E-state index < -0.39 is 17.8 Å². The van der Waals surface area contributed by atoms with Gasteiger partial charge in [0.15, 0.2) is 11.6 Å². The maximum atomic E-state index is 14.3. The summed E-state index contributed by atoms with van der Waals surface area (Å²) in [6.07, 6.45) is 0.485. The van der Waals surface area contributed by atoms with Crippen LogP contribution in [0.25, 0.3) is 0 Å². The maximum absolute atomic E-state index is 14.3. The Labute approximate surface area is 198 Å². The molecule has 0 aliphatic heterocycles. The minimum atomic E-state index is -0.761. The number of hydrogen-bond donors (Lipinski definition) is 2. The number of aromatic nitrogens is 2. The highest BCUT2D eigenvalue weighted by Crippen LogP contribution is 2.29. The molecule has 1 heterocycles. The van der Waals surface area contributed by atoms with Gasteiger partial charge in [0.1, 0.15) is 5.56 Å². The number of benzene rings is 2. The lowest BCUT2D eigenvalue weighted by Crippen LogP contribution is -2.41. The normalized spacial score (nSPS) is 11.8. The van der Waals surface area contributed by atoms with Crippen molar-refractivity contribution in [1.29, 1.82) is 0 Å². The van der Waals surface area contributed by atoms with Crippen LogP contribution in [0.5, 0.6) is 11.6 Å². The molecule has 0 saturated heterocycles. The third kappa shape index (κ3) is 6.01. The summed E-state index contributed by atoms with van der Waals surface area (Å²) in [6.45, 7) is 3.74. The quantitative estimate of drug-likeness (QED) is 0.416. The first-order valence-corrected chi connectivity index (χ1v) is 10.8. The monoisotopic (exact) mass is 522 g/mol. The van der Waals surface area contributed by atoms with Gasteiger partial charge in [0.2, 0.25) is 0 Å². The number of hydrogen-bond acceptors (Lipinski definition) is 6. The van der Waals surface area contributed by atoms with Gasteiger partial charge in [0.25, 0.3) is 11.8 Å². The zero-order chi connectivity index (χ0) is 23.3. The van der Waals surface area contributed by atoms with Crippen molar-refractivity contribution >= 4 is 33.4 Å². The van der Waals surface area contributed by atoms with E-state index >= 15 is 0 Å². The molecular weight excluding hydrogens is 503 g/mol. The van der Waals surface area contributed by atoms with Crippen molar-refractivity contribution < 1.29 is 18.8 Å². The van der Waals surface area contributed by atoms with Crippen LogP contribution in [0.15, 0.2) is 46.9 Å².